The predicted octanol–water partition coefficient (Wildman–Crippen LogP) is 1.04. The molecule has 2 aromatic carbocycles. The molecule has 3 aromatic rings. The molecule has 1 aromatic heterocycles. The molecule has 0 saturated carbocycles. The van der Waals surface area contributed by atoms with Crippen molar-refractivity contribution in [3.05, 3.63) is 68.9 Å². The van der Waals surface area contributed by atoms with Gasteiger partial charge in [-0.15, -0.1) is 4.68 Å². The molecule has 138 valence electrons. The fourth-order valence-electron chi connectivity index (χ4n) is 2.46. The van der Waals surface area contributed by atoms with Crippen LogP contribution in [-0.4, -0.2) is 40.7 Å². The van der Waals surface area contributed by atoms with Gasteiger partial charge in [0.2, 0.25) is 0 Å². The van der Waals surface area contributed by atoms with Crippen LogP contribution in [0, 0.1) is 0 Å². The summed E-state index contributed by atoms with van der Waals surface area (Å²) in [6.07, 6.45) is 1.23. The van der Waals surface area contributed by atoms with Gasteiger partial charge in [-0.2, -0.15) is 5.10 Å². The summed E-state index contributed by atoms with van der Waals surface area (Å²) in [7, 11) is 1.41. The van der Waals surface area contributed by atoms with Gasteiger partial charge in [-0.1, -0.05) is 18.2 Å². The van der Waals surface area contributed by atoms with Gasteiger partial charge in [-0.05, 0) is 24.3 Å². The lowest BCUT2D eigenvalue weighted by Gasteiger charge is -2.11. The summed E-state index contributed by atoms with van der Waals surface area (Å²) in [5, 5.41) is 13.1. The number of ether oxygens (including phenoxy) is 2. The Balaban J connectivity index is 2.07. The zero-order valence-corrected chi connectivity index (χ0v) is 14.2. The molecule has 0 aliphatic carbocycles. The number of carboxylic acid groups (broad SMARTS) is 1. The average Bonchev–Trinajstić information content (AvgIpc) is 2.66. The summed E-state index contributed by atoms with van der Waals surface area (Å²) in [6, 6.07) is 11.4. The largest absolute Gasteiger partial charge is 0.493 e. The number of rotatable bonds is 6. The first-order chi connectivity index (χ1) is 13.0. The maximum atomic E-state index is 12.5. The molecular formula is C18H15N3O6. The summed E-state index contributed by atoms with van der Waals surface area (Å²) < 4.78 is 11.1. The number of para-hydroxylation sites is 2. The number of aromatic nitrogens is 2. The number of aromatic amines is 1. The Morgan fingerprint density at radius 2 is 2.00 bits per heavy atom. The van der Waals surface area contributed by atoms with Crippen molar-refractivity contribution < 1.29 is 19.4 Å². The van der Waals surface area contributed by atoms with E-state index in [2.05, 4.69) is 10.1 Å². The van der Waals surface area contributed by atoms with Crippen molar-refractivity contribution >= 4 is 23.1 Å². The molecule has 0 unspecified atom stereocenters. The van der Waals surface area contributed by atoms with Crippen LogP contribution < -0.4 is 20.7 Å². The average molecular weight is 369 g/mol. The third kappa shape index (κ3) is 3.71. The van der Waals surface area contributed by atoms with Gasteiger partial charge in [0.05, 0.1) is 24.2 Å². The van der Waals surface area contributed by atoms with E-state index in [-0.39, 0.29) is 5.75 Å². The van der Waals surface area contributed by atoms with Crippen molar-refractivity contribution in [3.8, 4) is 11.5 Å². The number of nitrogens with zero attached hydrogens (tertiary/aromatic N) is 2. The van der Waals surface area contributed by atoms with Gasteiger partial charge in [0, 0.05) is 5.56 Å². The van der Waals surface area contributed by atoms with Crippen molar-refractivity contribution in [2.45, 2.75) is 0 Å². The lowest BCUT2D eigenvalue weighted by atomic mass is 10.2. The molecule has 9 nitrogen and oxygen atoms in total. The highest BCUT2D eigenvalue weighted by molar-refractivity contribution is 5.85. The molecule has 0 aliphatic heterocycles. The fraction of sp³-hybridized carbons (Fsp3) is 0.111. The summed E-state index contributed by atoms with van der Waals surface area (Å²) in [5.41, 5.74) is -0.534. The highest BCUT2D eigenvalue weighted by Crippen LogP contribution is 2.30. The third-order valence-corrected chi connectivity index (χ3v) is 3.67. The number of fused-ring (bicyclic) bond motifs is 1. The Kier molecular flexibility index (Phi) is 5.02. The Morgan fingerprint density at radius 1 is 1.22 bits per heavy atom. The Bertz CT molecular complexity index is 1150. The Hall–Kier alpha value is -3.88. The smallest absolute Gasteiger partial charge is 0.349 e. The number of carbonyl (C=O) groups is 1. The summed E-state index contributed by atoms with van der Waals surface area (Å²) >= 11 is 0. The van der Waals surface area contributed by atoms with Crippen LogP contribution in [0.3, 0.4) is 0 Å². The van der Waals surface area contributed by atoms with Crippen LogP contribution >= 0.6 is 0 Å². The number of methoxy groups -OCH3 is 1. The van der Waals surface area contributed by atoms with Crippen LogP contribution in [0.15, 0.2) is 57.2 Å². The topological polar surface area (TPSA) is 123 Å². The molecule has 0 atom stereocenters. The van der Waals surface area contributed by atoms with E-state index in [1.807, 2.05) is 0 Å². The minimum atomic E-state index is -1.16. The number of hydrogen-bond acceptors (Lipinski definition) is 6. The minimum Gasteiger partial charge on any atom is -0.493 e. The van der Waals surface area contributed by atoms with Crippen LogP contribution in [0.5, 0.6) is 11.5 Å². The van der Waals surface area contributed by atoms with Crippen LogP contribution in [0.25, 0.3) is 10.9 Å². The normalized spacial score (nSPS) is 11.0. The van der Waals surface area contributed by atoms with Gasteiger partial charge in [-0.3, -0.25) is 4.79 Å². The van der Waals surface area contributed by atoms with Crippen molar-refractivity contribution in [1.29, 1.82) is 0 Å². The second kappa shape index (κ2) is 7.56. The first kappa shape index (κ1) is 17.9. The molecule has 0 saturated heterocycles. The molecular weight excluding hydrogens is 354 g/mol. The Labute approximate surface area is 152 Å². The molecule has 3 rings (SSSR count). The monoisotopic (exact) mass is 369 g/mol. The number of nitrogens with one attached hydrogen (secondary N) is 1. The number of H-pyrrole nitrogens is 1. The second-order valence-corrected chi connectivity index (χ2v) is 5.40. The quantitative estimate of drug-likeness (QED) is 0.626. The molecule has 0 aliphatic rings. The minimum absolute atomic E-state index is 0.136. The molecule has 0 amide bonds. The third-order valence-electron chi connectivity index (χ3n) is 3.67. The number of carboxylic acids is 1. The molecule has 27 heavy (non-hydrogen) atoms. The maximum Gasteiger partial charge on any atom is 0.349 e. The van der Waals surface area contributed by atoms with Crippen LogP contribution in [0.1, 0.15) is 5.56 Å². The van der Waals surface area contributed by atoms with Crippen LogP contribution in [-0.2, 0) is 4.79 Å². The number of aliphatic carboxylic acids is 1. The van der Waals surface area contributed by atoms with E-state index < -0.39 is 23.8 Å². The molecule has 2 N–H and O–H groups in total. The van der Waals surface area contributed by atoms with Crippen LogP contribution in [0.2, 0.25) is 0 Å². The summed E-state index contributed by atoms with van der Waals surface area (Å²) in [4.78, 5) is 38.0. The van der Waals surface area contributed by atoms with E-state index in [9.17, 15) is 14.4 Å². The standard InChI is InChI=1S/C18H15N3O6/c1-26-14-8-4-5-11(16(14)27-10-15(22)23)9-19-21-17(24)12-6-2-3-7-13(12)20-18(21)25/h2-9H,10H2,1H3,(H,20,25)(H,22,23). The number of benzene rings is 2. The number of hydrogen-bond donors (Lipinski definition) is 2. The zero-order chi connectivity index (χ0) is 19.4. The second-order valence-electron chi connectivity index (χ2n) is 5.40. The first-order valence-electron chi connectivity index (χ1n) is 7.81. The van der Waals surface area contributed by atoms with Gasteiger partial charge in [0.1, 0.15) is 0 Å². The van der Waals surface area contributed by atoms with Gasteiger partial charge in [0.15, 0.2) is 18.1 Å². The highest BCUT2D eigenvalue weighted by Gasteiger charge is 2.12. The molecule has 0 radical (unpaired) electrons. The summed E-state index contributed by atoms with van der Waals surface area (Å²) in [6.45, 7) is -0.586. The van der Waals surface area contributed by atoms with E-state index in [0.717, 1.165) is 0 Å². The highest BCUT2D eigenvalue weighted by atomic mass is 16.5. The molecule has 9 heteroatoms. The Morgan fingerprint density at radius 3 is 2.74 bits per heavy atom. The van der Waals surface area contributed by atoms with Crippen LogP contribution in [0.4, 0.5) is 0 Å². The van der Waals surface area contributed by atoms with Crippen molar-refractivity contribution in [2.75, 3.05) is 13.7 Å². The molecule has 0 bridgehead atoms. The maximum absolute atomic E-state index is 12.5. The van der Waals surface area contributed by atoms with E-state index in [0.29, 0.717) is 26.9 Å². The first-order valence-corrected chi connectivity index (χ1v) is 7.81. The van der Waals surface area contributed by atoms with E-state index in [1.165, 1.54) is 13.3 Å². The van der Waals surface area contributed by atoms with Gasteiger partial charge in [0.25, 0.3) is 5.56 Å². The SMILES string of the molecule is COc1cccc(C=Nn2c(=O)[nH]c3ccccc3c2=O)c1OCC(=O)O. The molecule has 1 heterocycles. The lowest BCUT2D eigenvalue weighted by molar-refractivity contribution is -0.139. The van der Waals surface area contributed by atoms with Crippen molar-refractivity contribution in [3.63, 3.8) is 0 Å². The van der Waals surface area contributed by atoms with Gasteiger partial charge >= 0.3 is 11.7 Å². The zero-order valence-electron chi connectivity index (χ0n) is 14.2. The lowest BCUT2D eigenvalue weighted by Crippen LogP contribution is -2.32. The van der Waals surface area contributed by atoms with Crippen molar-refractivity contribution in [2.24, 2.45) is 5.10 Å². The van der Waals surface area contributed by atoms with E-state index in [4.69, 9.17) is 14.6 Å². The fourth-order valence-corrected chi connectivity index (χ4v) is 2.46. The van der Waals surface area contributed by atoms with Gasteiger partial charge in [-0.25, -0.2) is 9.59 Å². The van der Waals surface area contributed by atoms with E-state index >= 15 is 0 Å². The van der Waals surface area contributed by atoms with Gasteiger partial charge < -0.3 is 19.6 Å². The summed E-state index contributed by atoms with van der Waals surface area (Å²) in [5.74, 6) is -0.734. The van der Waals surface area contributed by atoms with Crippen molar-refractivity contribution in [1.82, 2.24) is 9.66 Å². The molecule has 0 fully saturated rings. The molecule has 0 spiro atoms. The van der Waals surface area contributed by atoms with E-state index in [1.54, 1.807) is 42.5 Å². The predicted molar refractivity (Wildman–Crippen MR) is 97.9 cm³/mol.